The van der Waals surface area contributed by atoms with E-state index in [0.29, 0.717) is 0 Å². The summed E-state index contributed by atoms with van der Waals surface area (Å²) in [5, 5.41) is 11.7. The molecule has 25 heavy (non-hydrogen) atoms. The summed E-state index contributed by atoms with van der Waals surface area (Å²) in [6, 6.07) is 1.97. The van der Waals surface area contributed by atoms with E-state index in [1.165, 1.54) is 4.90 Å². The van der Waals surface area contributed by atoms with E-state index in [9.17, 15) is 9.59 Å². The van der Waals surface area contributed by atoms with Crippen LogP contribution in [0.5, 0.6) is 0 Å². The number of nitrogens with one attached hydrogen (secondary N) is 1. The van der Waals surface area contributed by atoms with Gasteiger partial charge in [-0.3, -0.25) is 4.90 Å². The van der Waals surface area contributed by atoms with Crippen LogP contribution in [0.25, 0.3) is 0 Å². The third kappa shape index (κ3) is 7.63. The van der Waals surface area contributed by atoms with Crippen LogP contribution in [-0.2, 0) is 9.47 Å². The van der Waals surface area contributed by atoms with E-state index in [2.05, 4.69) is 17.2 Å². The molecule has 0 aliphatic carbocycles. The fraction of sp³-hybridized carbons (Fsp3) is 0.611. The van der Waals surface area contributed by atoms with Crippen molar-refractivity contribution in [2.24, 2.45) is 5.92 Å². The average molecular weight is 347 g/mol. The first-order valence-corrected chi connectivity index (χ1v) is 7.99. The molecule has 1 heterocycles. The fourth-order valence-corrected chi connectivity index (χ4v) is 1.92. The lowest BCUT2D eigenvalue weighted by molar-refractivity contribution is 0.0331. The number of ether oxygens (including phenoxy) is 2. The highest BCUT2D eigenvalue weighted by atomic mass is 16.6. The quantitative estimate of drug-likeness (QED) is 0.736. The van der Waals surface area contributed by atoms with Crippen LogP contribution >= 0.6 is 0 Å². The van der Waals surface area contributed by atoms with Gasteiger partial charge in [-0.1, -0.05) is 11.8 Å². The normalized spacial score (nSPS) is 16.9. The SMILES string of the molecule is CC(C)(C)OC(=O)NCC#CC1C=C(C#N)N(C(=O)OC(C)(C)C)C1. The standard InChI is InChI=1S/C18H25N3O4/c1-17(2,3)24-15(22)20-9-7-8-13-10-14(11-19)21(12-13)16(23)25-18(4,5)6/h10,13H,9,12H2,1-6H3,(H,20,22). The molecule has 2 amide bonds. The van der Waals surface area contributed by atoms with Gasteiger partial charge < -0.3 is 14.8 Å². The average Bonchev–Trinajstić information content (AvgIpc) is 2.83. The number of carbonyl (C=O) groups excluding carboxylic acids is 2. The van der Waals surface area contributed by atoms with Crippen molar-refractivity contribution >= 4 is 12.2 Å². The van der Waals surface area contributed by atoms with Gasteiger partial charge in [-0.15, -0.1) is 0 Å². The van der Waals surface area contributed by atoms with Crippen LogP contribution in [0.3, 0.4) is 0 Å². The number of nitriles is 1. The van der Waals surface area contributed by atoms with Gasteiger partial charge in [0.15, 0.2) is 0 Å². The Hall–Kier alpha value is -2.67. The second-order valence-electron chi connectivity index (χ2n) is 7.54. The van der Waals surface area contributed by atoms with Crippen molar-refractivity contribution in [2.75, 3.05) is 13.1 Å². The van der Waals surface area contributed by atoms with Gasteiger partial charge in [-0.05, 0) is 47.6 Å². The smallest absolute Gasteiger partial charge is 0.415 e. The molecular formula is C18H25N3O4. The maximum absolute atomic E-state index is 12.1. The molecule has 0 aromatic rings. The number of hydrogen-bond donors (Lipinski definition) is 1. The zero-order valence-electron chi connectivity index (χ0n) is 15.6. The van der Waals surface area contributed by atoms with Crippen LogP contribution in [0.4, 0.5) is 9.59 Å². The Bertz CT molecular complexity index is 651. The molecule has 7 heteroatoms. The van der Waals surface area contributed by atoms with E-state index in [1.807, 2.05) is 6.07 Å². The van der Waals surface area contributed by atoms with Crippen molar-refractivity contribution in [1.82, 2.24) is 10.2 Å². The summed E-state index contributed by atoms with van der Waals surface area (Å²) in [5.41, 5.74) is -0.992. The maximum Gasteiger partial charge on any atom is 0.415 e. The van der Waals surface area contributed by atoms with Crippen LogP contribution in [-0.4, -0.2) is 41.4 Å². The number of hydrogen-bond acceptors (Lipinski definition) is 5. The number of alkyl carbamates (subject to hydrolysis) is 1. The molecule has 1 aliphatic heterocycles. The molecule has 1 atom stereocenters. The third-order valence-electron chi connectivity index (χ3n) is 2.77. The van der Waals surface area contributed by atoms with Gasteiger partial charge in [0, 0.05) is 6.54 Å². The molecule has 1 unspecified atom stereocenters. The topological polar surface area (TPSA) is 91.7 Å². The summed E-state index contributed by atoms with van der Waals surface area (Å²) >= 11 is 0. The Labute approximate surface area is 148 Å². The summed E-state index contributed by atoms with van der Waals surface area (Å²) in [7, 11) is 0. The van der Waals surface area contributed by atoms with E-state index in [1.54, 1.807) is 47.6 Å². The molecule has 136 valence electrons. The summed E-state index contributed by atoms with van der Waals surface area (Å²) in [5.74, 6) is 5.43. The summed E-state index contributed by atoms with van der Waals surface area (Å²) in [6.07, 6.45) is 0.498. The van der Waals surface area contributed by atoms with Crippen molar-refractivity contribution in [1.29, 1.82) is 5.26 Å². The van der Waals surface area contributed by atoms with Crippen LogP contribution < -0.4 is 5.32 Å². The second kappa shape index (κ2) is 7.94. The van der Waals surface area contributed by atoms with E-state index >= 15 is 0 Å². The van der Waals surface area contributed by atoms with Gasteiger partial charge in [0.2, 0.25) is 0 Å². The van der Waals surface area contributed by atoms with Gasteiger partial charge in [0.1, 0.15) is 23.0 Å². The van der Waals surface area contributed by atoms with Gasteiger partial charge in [-0.25, -0.2) is 9.59 Å². The fourth-order valence-electron chi connectivity index (χ4n) is 1.92. The Balaban J connectivity index is 2.58. The molecule has 1 rings (SSSR count). The Morgan fingerprint density at radius 3 is 2.36 bits per heavy atom. The van der Waals surface area contributed by atoms with Crippen molar-refractivity contribution in [3.63, 3.8) is 0 Å². The van der Waals surface area contributed by atoms with Crippen molar-refractivity contribution in [2.45, 2.75) is 52.7 Å². The molecule has 0 bridgehead atoms. The molecular weight excluding hydrogens is 322 g/mol. The first-order valence-electron chi connectivity index (χ1n) is 7.99. The van der Waals surface area contributed by atoms with Crippen LogP contribution in [0.15, 0.2) is 11.8 Å². The lowest BCUT2D eigenvalue weighted by atomic mass is 10.1. The number of rotatable bonds is 1. The molecule has 0 saturated carbocycles. The van der Waals surface area contributed by atoms with Crippen LogP contribution in [0.1, 0.15) is 41.5 Å². The van der Waals surface area contributed by atoms with E-state index in [-0.39, 0.29) is 24.7 Å². The zero-order valence-corrected chi connectivity index (χ0v) is 15.6. The Kier molecular flexibility index (Phi) is 6.47. The van der Waals surface area contributed by atoms with Crippen LogP contribution in [0, 0.1) is 29.1 Å². The summed E-state index contributed by atoms with van der Waals surface area (Å²) in [6.45, 7) is 11.0. The molecule has 0 aromatic heterocycles. The molecule has 1 N–H and O–H groups in total. The first kappa shape index (κ1) is 20.4. The Morgan fingerprint density at radius 2 is 1.84 bits per heavy atom. The van der Waals surface area contributed by atoms with Gasteiger partial charge in [0.05, 0.1) is 12.5 Å². The van der Waals surface area contributed by atoms with Crippen molar-refractivity contribution in [3.8, 4) is 17.9 Å². The molecule has 0 radical (unpaired) electrons. The van der Waals surface area contributed by atoms with E-state index in [0.717, 1.165) is 0 Å². The van der Waals surface area contributed by atoms with Crippen molar-refractivity contribution < 1.29 is 19.1 Å². The van der Waals surface area contributed by atoms with E-state index < -0.39 is 23.4 Å². The minimum Gasteiger partial charge on any atom is -0.444 e. The van der Waals surface area contributed by atoms with Crippen molar-refractivity contribution in [3.05, 3.63) is 11.8 Å². The predicted octanol–water partition coefficient (Wildman–Crippen LogP) is 2.79. The minimum atomic E-state index is -0.640. The highest BCUT2D eigenvalue weighted by Crippen LogP contribution is 2.22. The Morgan fingerprint density at radius 1 is 1.24 bits per heavy atom. The molecule has 1 aliphatic rings. The van der Waals surface area contributed by atoms with Crippen LogP contribution in [0.2, 0.25) is 0 Å². The predicted molar refractivity (Wildman–Crippen MR) is 92.1 cm³/mol. The van der Waals surface area contributed by atoms with Gasteiger partial charge in [0.25, 0.3) is 0 Å². The molecule has 0 aromatic carbocycles. The zero-order chi connectivity index (χ0) is 19.3. The number of carbonyl (C=O) groups is 2. The number of allylic oxidation sites excluding steroid dienone is 1. The molecule has 7 nitrogen and oxygen atoms in total. The first-order chi connectivity index (χ1) is 11.4. The lowest BCUT2D eigenvalue weighted by Crippen LogP contribution is -2.35. The monoisotopic (exact) mass is 347 g/mol. The maximum atomic E-state index is 12.1. The van der Waals surface area contributed by atoms with E-state index in [4.69, 9.17) is 14.7 Å². The molecule has 0 spiro atoms. The number of amides is 2. The van der Waals surface area contributed by atoms with Gasteiger partial charge in [-0.2, -0.15) is 5.26 Å². The third-order valence-corrected chi connectivity index (χ3v) is 2.77. The highest BCUT2D eigenvalue weighted by Gasteiger charge is 2.31. The summed E-state index contributed by atoms with van der Waals surface area (Å²) < 4.78 is 10.4. The minimum absolute atomic E-state index is 0.119. The molecule has 0 fully saturated rings. The summed E-state index contributed by atoms with van der Waals surface area (Å²) in [4.78, 5) is 24.9. The largest absolute Gasteiger partial charge is 0.444 e. The highest BCUT2D eigenvalue weighted by molar-refractivity contribution is 5.72. The molecule has 0 saturated heterocycles. The second-order valence-corrected chi connectivity index (χ2v) is 7.54. The van der Waals surface area contributed by atoms with Gasteiger partial charge >= 0.3 is 12.2 Å². The number of nitrogens with zero attached hydrogens (tertiary/aromatic N) is 2. The lowest BCUT2D eigenvalue weighted by Gasteiger charge is -2.24.